The van der Waals surface area contributed by atoms with Gasteiger partial charge in [0.2, 0.25) is 10.0 Å². The van der Waals surface area contributed by atoms with Crippen molar-refractivity contribution in [2.45, 2.75) is 32.9 Å². The zero-order chi connectivity index (χ0) is 20.9. The van der Waals surface area contributed by atoms with E-state index in [0.717, 1.165) is 25.2 Å². The second-order valence-corrected chi connectivity index (χ2v) is 9.37. The molecule has 7 heteroatoms. The van der Waals surface area contributed by atoms with Crippen LogP contribution < -0.4 is 9.62 Å². The number of nitrogens with zero attached hydrogens (tertiary/aromatic N) is 2. The Hall–Kier alpha value is -2.38. The Kier molecular flexibility index (Phi) is 6.92. The molecule has 0 bridgehead atoms. The molecule has 2 aromatic rings. The van der Waals surface area contributed by atoms with Gasteiger partial charge in [-0.3, -0.25) is 14.0 Å². The second-order valence-electron chi connectivity index (χ2n) is 7.46. The number of nitrogens with one attached hydrogen (secondary N) is 1. The smallest absolute Gasteiger partial charge is 0.251 e. The predicted molar refractivity (Wildman–Crippen MR) is 116 cm³/mol. The van der Waals surface area contributed by atoms with Gasteiger partial charge in [-0.2, -0.15) is 0 Å². The third-order valence-corrected chi connectivity index (χ3v) is 6.42. The van der Waals surface area contributed by atoms with Gasteiger partial charge in [-0.1, -0.05) is 24.3 Å². The minimum Gasteiger partial charge on any atom is -0.348 e. The molecule has 0 radical (unpaired) electrons. The molecule has 6 nitrogen and oxygen atoms in total. The summed E-state index contributed by atoms with van der Waals surface area (Å²) in [6.07, 6.45) is 3.72. The van der Waals surface area contributed by atoms with Crippen molar-refractivity contribution in [3.63, 3.8) is 0 Å². The van der Waals surface area contributed by atoms with Crippen molar-refractivity contribution in [1.29, 1.82) is 0 Å². The first-order valence-corrected chi connectivity index (χ1v) is 11.9. The van der Waals surface area contributed by atoms with Crippen LogP contribution in [0.5, 0.6) is 0 Å². The number of carbonyl (C=O) groups is 1. The van der Waals surface area contributed by atoms with Gasteiger partial charge < -0.3 is 5.32 Å². The van der Waals surface area contributed by atoms with E-state index in [2.05, 4.69) is 22.3 Å². The molecular weight excluding hydrogens is 386 g/mol. The molecule has 1 N–H and O–H groups in total. The molecule has 0 saturated carbocycles. The lowest BCUT2D eigenvalue weighted by Gasteiger charge is -2.20. The second kappa shape index (κ2) is 9.41. The fourth-order valence-electron chi connectivity index (χ4n) is 3.71. The van der Waals surface area contributed by atoms with Crippen LogP contribution in [0.2, 0.25) is 0 Å². The van der Waals surface area contributed by atoms with Crippen LogP contribution in [-0.2, 0) is 23.1 Å². The highest BCUT2D eigenvalue weighted by atomic mass is 32.2. The standard InChI is InChI=1S/C22H29N3O3S/c1-3-25(29(2,27)28)21-11-9-20(10-12-21)22(26)23-16-18-7-6-8-19(15-18)17-24-13-4-5-14-24/h6-12,15H,3-5,13-14,16-17H2,1-2H3,(H,23,26). The van der Waals surface area contributed by atoms with Crippen molar-refractivity contribution < 1.29 is 13.2 Å². The molecule has 1 amide bonds. The number of carbonyl (C=O) groups excluding carboxylic acids is 1. The molecule has 156 valence electrons. The molecule has 0 aliphatic carbocycles. The Morgan fingerprint density at radius 2 is 1.72 bits per heavy atom. The SMILES string of the molecule is CCN(c1ccc(C(=O)NCc2cccc(CN3CCCC3)c2)cc1)S(C)(=O)=O. The van der Waals surface area contributed by atoms with Crippen molar-refractivity contribution >= 4 is 21.6 Å². The van der Waals surface area contributed by atoms with Gasteiger partial charge in [-0.15, -0.1) is 0 Å². The van der Waals surface area contributed by atoms with E-state index in [1.54, 1.807) is 31.2 Å². The third-order valence-electron chi connectivity index (χ3n) is 5.15. The van der Waals surface area contributed by atoms with Gasteiger partial charge in [0.25, 0.3) is 5.91 Å². The van der Waals surface area contributed by atoms with Crippen LogP contribution in [0.1, 0.15) is 41.3 Å². The summed E-state index contributed by atoms with van der Waals surface area (Å²) in [5.41, 5.74) is 3.40. The maximum absolute atomic E-state index is 12.5. The normalized spacial score (nSPS) is 14.7. The lowest BCUT2D eigenvalue weighted by Crippen LogP contribution is -2.29. The van der Waals surface area contributed by atoms with Gasteiger partial charge in [-0.25, -0.2) is 8.42 Å². The van der Waals surface area contributed by atoms with Gasteiger partial charge in [0, 0.05) is 25.2 Å². The van der Waals surface area contributed by atoms with Crippen LogP contribution in [0.15, 0.2) is 48.5 Å². The summed E-state index contributed by atoms with van der Waals surface area (Å²) in [6, 6.07) is 15.0. The topological polar surface area (TPSA) is 69.7 Å². The van der Waals surface area contributed by atoms with E-state index in [1.165, 1.54) is 29.0 Å². The van der Waals surface area contributed by atoms with E-state index >= 15 is 0 Å². The largest absolute Gasteiger partial charge is 0.348 e. The fraction of sp³-hybridized carbons (Fsp3) is 0.409. The van der Waals surface area contributed by atoms with Gasteiger partial charge in [0.15, 0.2) is 0 Å². The van der Waals surface area contributed by atoms with E-state index in [-0.39, 0.29) is 5.91 Å². The number of likely N-dealkylation sites (tertiary alicyclic amines) is 1. The number of sulfonamides is 1. The molecule has 29 heavy (non-hydrogen) atoms. The molecule has 3 rings (SSSR count). The monoisotopic (exact) mass is 415 g/mol. The van der Waals surface area contributed by atoms with E-state index < -0.39 is 10.0 Å². The lowest BCUT2D eigenvalue weighted by atomic mass is 10.1. The van der Waals surface area contributed by atoms with Crippen molar-refractivity contribution in [1.82, 2.24) is 10.2 Å². The van der Waals surface area contributed by atoms with E-state index in [1.807, 2.05) is 12.1 Å². The molecule has 1 fully saturated rings. The maximum atomic E-state index is 12.5. The molecular formula is C22H29N3O3S. The molecule has 1 aliphatic rings. The first-order chi connectivity index (χ1) is 13.9. The van der Waals surface area contributed by atoms with Crippen molar-refractivity contribution in [2.24, 2.45) is 0 Å². The number of rotatable bonds is 8. The summed E-state index contributed by atoms with van der Waals surface area (Å²) in [5.74, 6) is -0.177. The van der Waals surface area contributed by atoms with Crippen molar-refractivity contribution in [3.05, 3.63) is 65.2 Å². The Balaban J connectivity index is 1.59. The molecule has 1 saturated heterocycles. The number of anilines is 1. The molecule has 1 heterocycles. The number of hydrogen-bond acceptors (Lipinski definition) is 4. The van der Waals surface area contributed by atoms with Crippen LogP contribution in [0.4, 0.5) is 5.69 Å². The Bertz CT molecular complexity index is 936. The van der Waals surface area contributed by atoms with E-state index in [0.29, 0.717) is 24.3 Å². The van der Waals surface area contributed by atoms with Gasteiger partial charge in [0.05, 0.1) is 11.9 Å². The summed E-state index contributed by atoms with van der Waals surface area (Å²) in [5, 5.41) is 2.94. The Labute approximate surface area is 173 Å². The van der Waals surface area contributed by atoms with Crippen LogP contribution in [0.25, 0.3) is 0 Å². The molecule has 0 aromatic heterocycles. The molecule has 0 atom stereocenters. The molecule has 1 aliphatic heterocycles. The average Bonchev–Trinajstić information content (AvgIpc) is 3.19. The van der Waals surface area contributed by atoms with Crippen molar-refractivity contribution in [3.8, 4) is 0 Å². The first kappa shape index (κ1) is 21.3. The molecule has 0 unspecified atom stereocenters. The lowest BCUT2D eigenvalue weighted by molar-refractivity contribution is 0.0951. The summed E-state index contributed by atoms with van der Waals surface area (Å²) in [7, 11) is -3.33. The van der Waals surface area contributed by atoms with E-state index in [9.17, 15) is 13.2 Å². The predicted octanol–water partition coefficient (Wildman–Crippen LogP) is 3.00. The van der Waals surface area contributed by atoms with Crippen LogP contribution >= 0.6 is 0 Å². The minimum atomic E-state index is -3.33. The zero-order valence-electron chi connectivity index (χ0n) is 17.1. The van der Waals surface area contributed by atoms with Crippen molar-refractivity contribution in [2.75, 3.05) is 30.2 Å². The van der Waals surface area contributed by atoms with Crippen LogP contribution in [0.3, 0.4) is 0 Å². The van der Waals surface area contributed by atoms with Crippen LogP contribution in [0, 0.1) is 0 Å². The summed E-state index contributed by atoms with van der Waals surface area (Å²) in [4.78, 5) is 14.9. The number of benzene rings is 2. The summed E-state index contributed by atoms with van der Waals surface area (Å²) >= 11 is 0. The zero-order valence-corrected chi connectivity index (χ0v) is 17.9. The molecule has 0 spiro atoms. The first-order valence-electron chi connectivity index (χ1n) is 10.0. The Morgan fingerprint density at radius 1 is 1.07 bits per heavy atom. The van der Waals surface area contributed by atoms with Gasteiger partial charge in [-0.05, 0) is 68.2 Å². The van der Waals surface area contributed by atoms with Gasteiger partial charge in [0.1, 0.15) is 0 Å². The van der Waals surface area contributed by atoms with Crippen LogP contribution in [-0.4, -0.2) is 45.1 Å². The quantitative estimate of drug-likeness (QED) is 0.720. The average molecular weight is 416 g/mol. The van der Waals surface area contributed by atoms with E-state index in [4.69, 9.17) is 0 Å². The number of hydrogen-bond donors (Lipinski definition) is 1. The third kappa shape index (κ3) is 5.81. The molecule has 2 aromatic carbocycles. The highest BCUT2D eigenvalue weighted by Gasteiger charge is 2.16. The fourth-order valence-corrected chi connectivity index (χ4v) is 4.68. The Morgan fingerprint density at radius 3 is 2.34 bits per heavy atom. The highest BCUT2D eigenvalue weighted by molar-refractivity contribution is 7.92. The maximum Gasteiger partial charge on any atom is 0.251 e. The van der Waals surface area contributed by atoms with Gasteiger partial charge >= 0.3 is 0 Å². The number of amides is 1. The minimum absolute atomic E-state index is 0.177. The summed E-state index contributed by atoms with van der Waals surface area (Å²) < 4.78 is 24.9. The highest BCUT2D eigenvalue weighted by Crippen LogP contribution is 2.18. The summed E-state index contributed by atoms with van der Waals surface area (Å²) in [6.45, 7) is 5.85.